The number of nitrogens with one attached hydrogen (secondary N) is 1. The van der Waals surface area contributed by atoms with Gasteiger partial charge in [-0.1, -0.05) is 0 Å². The van der Waals surface area contributed by atoms with Gasteiger partial charge >= 0.3 is 0 Å². The molecule has 8 heteroatoms. The maximum Gasteiger partial charge on any atom is 0.240 e. The molecular weight excluding hydrogens is 359 g/mol. The molecule has 0 spiro atoms. The summed E-state index contributed by atoms with van der Waals surface area (Å²) in [7, 11) is -2.17. The molecule has 1 saturated heterocycles. The number of nitrogens with zero attached hydrogens (tertiary/aromatic N) is 1. The van der Waals surface area contributed by atoms with E-state index in [-0.39, 0.29) is 29.7 Å². The quantitative estimate of drug-likeness (QED) is 0.836. The SMILES string of the molecule is COc1ccc(N2C[C@@H](CNS(=O)(=O)c3ccc(F)cc3)CC2=O)cc1. The van der Waals surface area contributed by atoms with Crippen LogP contribution in [-0.4, -0.2) is 34.5 Å². The molecule has 0 unspecified atom stereocenters. The highest BCUT2D eigenvalue weighted by molar-refractivity contribution is 7.89. The standard InChI is InChI=1S/C18H19FN2O4S/c1-25-16-6-4-15(5-7-16)21-12-13(10-18(21)22)11-20-26(23,24)17-8-2-14(19)3-9-17/h2-9,13,20H,10-12H2,1H3/t13-/m1/s1. The number of carbonyl (C=O) groups excluding carboxylic acids is 1. The van der Waals surface area contributed by atoms with Gasteiger partial charge in [-0.05, 0) is 54.4 Å². The first-order valence-electron chi connectivity index (χ1n) is 8.09. The predicted octanol–water partition coefficient (Wildman–Crippen LogP) is 2.17. The van der Waals surface area contributed by atoms with Crippen molar-refractivity contribution in [3.05, 3.63) is 54.3 Å². The molecule has 0 aliphatic carbocycles. The maximum absolute atomic E-state index is 12.9. The molecule has 1 heterocycles. The van der Waals surface area contributed by atoms with E-state index in [4.69, 9.17) is 4.74 Å². The van der Waals surface area contributed by atoms with E-state index >= 15 is 0 Å². The molecule has 3 rings (SSSR count). The van der Waals surface area contributed by atoms with Gasteiger partial charge in [-0.15, -0.1) is 0 Å². The molecule has 1 N–H and O–H groups in total. The normalized spacial score (nSPS) is 17.5. The smallest absolute Gasteiger partial charge is 0.240 e. The number of hydrogen-bond donors (Lipinski definition) is 1. The highest BCUT2D eigenvalue weighted by Gasteiger charge is 2.31. The first kappa shape index (κ1) is 18.3. The van der Waals surface area contributed by atoms with E-state index in [1.54, 1.807) is 36.3 Å². The number of halogens is 1. The van der Waals surface area contributed by atoms with Crippen LogP contribution < -0.4 is 14.4 Å². The molecule has 2 aromatic carbocycles. The number of hydrogen-bond acceptors (Lipinski definition) is 4. The molecule has 2 aromatic rings. The second-order valence-electron chi connectivity index (χ2n) is 6.08. The Morgan fingerprint density at radius 3 is 2.42 bits per heavy atom. The van der Waals surface area contributed by atoms with Crippen LogP contribution in [0.25, 0.3) is 0 Å². The number of carbonyl (C=O) groups is 1. The van der Waals surface area contributed by atoms with Crippen molar-refractivity contribution in [3.8, 4) is 5.75 Å². The number of amides is 1. The summed E-state index contributed by atoms with van der Waals surface area (Å²) in [4.78, 5) is 13.9. The third kappa shape index (κ3) is 4.03. The molecule has 26 heavy (non-hydrogen) atoms. The van der Waals surface area contributed by atoms with E-state index in [0.29, 0.717) is 12.3 Å². The summed E-state index contributed by atoms with van der Waals surface area (Å²) >= 11 is 0. The van der Waals surface area contributed by atoms with Crippen molar-refractivity contribution in [1.82, 2.24) is 4.72 Å². The molecule has 1 amide bonds. The molecule has 138 valence electrons. The molecule has 6 nitrogen and oxygen atoms in total. The van der Waals surface area contributed by atoms with Crippen LogP contribution in [0, 0.1) is 11.7 Å². The Hall–Kier alpha value is -2.45. The topological polar surface area (TPSA) is 75.7 Å². The van der Waals surface area contributed by atoms with Gasteiger partial charge in [0.15, 0.2) is 0 Å². The lowest BCUT2D eigenvalue weighted by atomic mass is 10.1. The number of ether oxygens (including phenoxy) is 1. The maximum atomic E-state index is 12.9. The van der Waals surface area contributed by atoms with Gasteiger partial charge in [0.25, 0.3) is 0 Å². The summed E-state index contributed by atoms with van der Waals surface area (Å²) in [6.45, 7) is 0.565. The van der Waals surface area contributed by atoms with Gasteiger partial charge in [-0.25, -0.2) is 17.5 Å². The van der Waals surface area contributed by atoms with E-state index in [1.165, 1.54) is 12.1 Å². The van der Waals surface area contributed by atoms with Crippen LogP contribution in [-0.2, 0) is 14.8 Å². The van der Waals surface area contributed by atoms with E-state index in [1.807, 2.05) is 0 Å². The van der Waals surface area contributed by atoms with Crippen molar-refractivity contribution in [2.45, 2.75) is 11.3 Å². The molecule has 0 aromatic heterocycles. The second kappa shape index (κ2) is 7.43. The molecule has 0 radical (unpaired) electrons. The minimum Gasteiger partial charge on any atom is -0.497 e. The molecule has 0 saturated carbocycles. The van der Waals surface area contributed by atoms with E-state index in [9.17, 15) is 17.6 Å². The molecule has 1 aliphatic rings. The van der Waals surface area contributed by atoms with Crippen LogP contribution in [0.2, 0.25) is 0 Å². The van der Waals surface area contributed by atoms with Crippen LogP contribution in [0.4, 0.5) is 10.1 Å². The van der Waals surface area contributed by atoms with Crippen LogP contribution in [0.1, 0.15) is 6.42 Å². The van der Waals surface area contributed by atoms with Gasteiger partial charge in [-0.2, -0.15) is 0 Å². The number of rotatable bonds is 6. The van der Waals surface area contributed by atoms with Crippen LogP contribution >= 0.6 is 0 Å². The zero-order valence-corrected chi connectivity index (χ0v) is 15.0. The third-order valence-corrected chi connectivity index (χ3v) is 5.71. The van der Waals surface area contributed by atoms with Crippen molar-refractivity contribution < 1.29 is 22.3 Å². The minimum absolute atomic E-state index is 0.00441. The Kier molecular flexibility index (Phi) is 5.24. The summed E-state index contributed by atoms with van der Waals surface area (Å²) in [5.74, 6) is 0.00505. The summed E-state index contributed by atoms with van der Waals surface area (Å²) in [5, 5.41) is 0. The lowest BCUT2D eigenvalue weighted by Crippen LogP contribution is -2.31. The van der Waals surface area contributed by atoms with Gasteiger partial charge in [0, 0.05) is 25.2 Å². The van der Waals surface area contributed by atoms with Gasteiger partial charge in [0.05, 0.1) is 12.0 Å². The van der Waals surface area contributed by atoms with Crippen LogP contribution in [0.15, 0.2) is 53.4 Å². The van der Waals surface area contributed by atoms with Gasteiger partial charge < -0.3 is 9.64 Å². The van der Waals surface area contributed by atoms with Crippen LogP contribution in [0.5, 0.6) is 5.75 Å². The van der Waals surface area contributed by atoms with Crippen LogP contribution in [0.3, 0.4) is 0 Å². The molecule has 1 fully saturated rings. The number of sulfonamides is 1. The molecular formula is C18H19FN2O4S. The average molecular weight is 378 g/mol. The first-order valence-corrected chi connectivity index (χ1v) is 9.57. The zero-order valence-electron chi connectivity index (χ0n) is 14.2. The van der Waals surface area contributed by atoms with E-state index in [0.717, 1.165) is 17.8 Å². The van der Waals surface area contributed by atoms with Crippen molar-refractivity contribution >= 4 is 21.6 Å². The first-order chi connectivity index (χ1) is 12.4. The second-order valence-corrected chi connectivity index (χ2v) is 7.85. The van der Waals surface area contributed by atoms with Crippen molar-refractivity contribution in [2.24, 2.45) is 5.92 Å². The van der Waals surface area contributed by atoms with Gasteiger partial charge in [-0.3, -0.25) is 4.79 Å². The summed E-state index contributed by atoms with van der Waals surface area (Å²) in [6.07, 6.45) is 0.262. The monoisotopic (exact) mass is 378 g/mol. The summed E-state index contributed by atoms with van der Waals surface area (Å²) in [5.41, 5.74) is 0.750. The Morgan fingerprint density at radius 2 is 1.81 bits per heavy atom. The average Bonchev–Trinajstić information content (AvgIpc) is 3.01. The number of benzene rings is 2. The zero-order chi connectivity index (χ0) is 18.7. The Bertz CT molecular complexity index is 882. The molecule has 0 bridgehead atoms. The summed E-state index contributed by atoms with van der Waals surface area (Å²) in [6, 6.07) is 11.7. The van der Waals surface area contributed by atoms with Crippen molar-refractivity contribution in [2.75, 3.05) is 25.1 Å². The van der Waals surface area contributed by atoms with E-state index < -0.39 is 15.8 Å². The molecule has 1 aliphatic heterocycles. The highest BCUT2D eigenvalue weighted by atomic mass is 32.2. The Morgan fingerprint density at radius 1 is 1.15 bits per heavy atom. The number of anilines is 1. The van der Waals surface area contributed by atoms with Crippen molar-refractivity contribution in [1.29, 1.82) is 0 Å². The Labute approximate surface area is 151 Å². The highest BCUT2D eigenvalue weighted by Crippen LogP contribution is 2.26. The fourth-order valence-electron chi connectivity index (χ4n) is 2.85. The molecule has 1 atom stereocenters. The lowest BCUT2D eigenvalue weighted by Gasteiger charge is -2.17. The fourth-order valence-corrected chi connectivity index (χ4v) is 3.97. The fraction of sp³-hybridized carbons (Fsp3) is 0.278. The van der Waals surface area contributed by atoms with Gasteiger partial charge in [0.1, 0.15) is 11.6 Å². The number of methoxy groups -OCH3 is 1. The van der Waals surface area contributed by atoms with Gasteiger partial charge in [0.2, 0.25) is 15.9 Å². The lowest BCUT2D eigenvalue weighted by molar-refractivity contribution is -0.117. The largest absolute Gasteiger partial charge is 0.497 e. The van der Waals surface area contributed by atoms with E-state index in [2.05, 4.69) is 4.72 Å². The summed E-state index contributed by atoms with van der Waals surface area (Å²) < 4.78 is 45.1. The van der Waals surface area contributed by atoms with Crippen molar-refractivity contribution in [3.63, 3.8) is 0 Å². The predicted molar refractivity (Wildman–Crippen MR) is 95.0 cm³/mol. The third-order valence-electron chi connectivity index (χ3n) is 4.28. The minimum atomic E-state index is -3.74. The Balaban J connectivity index is 1.62.